The van der Waals surface area contributed by atoms with Crippen LogP contribution < -0.4 is 5.32 Å². The largest absolute Gasteiger partial charge is 0.314 e. The van der Waals surface area contributed by atoms with Crippen molar-refractivity contribution in [3.63, 3.8) is 0 Å². The molecule has 0 radical (unpaired) electrons. The van der Waals surface area contributed by atoms with Gasteiger partial charge in [0, 0.05) is 45.1 Å². The molecule has 1 aliphatic carbocycles. The van der Waals surface area contributed by atoms with Gasteiger partial charge in [-0.15, -0.1) is 0 Å². The molecule has 1 saturated carbocycles. The summed E-state index contributed by atoms with van der Waals surface area (Å²) in [6.45, 7) is 5.36. The molecular weight excluding hydrogens is 188 g/mol. The molecule has 1 saturated heterocycles. The number of piperazine rings is 1. The predicted molar refractivity (Wildman–Crippen MR) is 60.9 cm³/mol. The summed E-state index contributed by atoms with van der Waals surface area (Å²) in [5, 5.41) is 3.33. The maximum atomic E-state index is 11.8. The SMILES string of the molecule is O=C(CCN1CCNCC1)C1CCCC1. The van der Waals surface area contributed by atoms with Gasteiger partial charge in [-0.2, -0.15) is 0 Å². The van der Waals surface area contributed by atoms with Crippen molar-refractivity contribution >= 4 is 5.78 Å². The molecule has 0 unspecified atom stereocenters. The molecule has 0 aromatic heterocycles. The van der Waals surface area contributed by atoms with E-state index < -0.39 is 0 Å². The van der Waals surface area contributed by atoms with Crippen LogP contribution in [-0.2, 0) is 4.79 Å². The average Bonchev–Trinajstić information content (AvgIpc) is 2.81. The highest BCUT2D eigenvalue weighted by Crippen LogP contribution is 2.26. The molecule has 86 valence electrons. The minimum absolute atomic E-state index is 0.410. The van der Waals surface area contributed by atoms with Gasteiger partial charge < -0.3 is 10.2 Å². The number of ketones is 1. The molecule has 0 amide bonds. The molecular formula is C12H22N2O. The Morgan fingerprint density at radius 3 is 2.53 bits per heavy atom. The van der Waals surface area contributed by atoms with Crippen LogP contribution in [0.5, 0.6) is 0 Å². The van der Waals surface area contributed by atoms with Crippen LogP contribution in [-0.4, -0.2) is 43.4 Å². The van der Waals surface area contributed by atoms with Gasteiger partial charge >= 0.3 is 0 Å². The minimum Gasteiger partial charge on any atom is -0.314 e. The first-order valence-corrected chi connectivity index (χ1v) is 6.32. The van der Waals surface area contributed by atoms with Crippen molar-refractivity contribution in [2.24, 2.45) is 5.92 Å². The highest BCUT2D eigenvalue weighted by atomic mass is 16.1. The molecule has 0 bridgehead atoms. The molecule has 0 spiro atoms. The molecule has 0 atom stereocenters. The number of nitrogens with one attached hydrogen (secondary N) is 1. The topological polar surface area (TPSA) is 32.3 Å². The van der Waals surface area contributed by atoms with Crippen LogP contribution in [0.25, 0.3) is 0 Å². The van der Waals surface area contributed by atoms with Crippen molar-refractivity contribution in [3.05, 3.63) is 0 Å². The highest BCUT2D eigenvalue weighted by Gasteiger charge is 2.22. The summed E-state index contributed by atoms with van der Waals surface area (Å²) in [4.78, 5) is 14.3. The van der Waals surface area contributed by atoms with Crippen LogP contribution in [0.3, 0.4) is 0 Å². The third-order valence-corrected chi connectivity index (χ3v) is 3.69. The van der Waals surface area contributed by atoms with Gasteiger partial charge in [0.15, 0.2) is 0 Å². The van der Waals surface area contributed by atoms with Crippen molar-refractivity contribution in [2.45, 2.75) is 32.1 Å². The molecule has 2 aliphatic rings. The Bertz CT molecular complexity index is 206. The summed E-state index contributed by atoms with van der Waals surface area (Å²) >= 11 is 0. The van der Waals surface area contributed by atoms with Crippen molar-refractivity contribution < 1.29 is 4.79 Å². The van der Waals surface area contributed by atoms with E-state index in [1.807, 2.05) is 0 Å². The third-order valence-electron chi connectivity index (χ3n) is 3.69. The van der Waals surface area contributed by atoms with E-state index in [1.165, 1.54) is 12.8 Å². The summed E-state index contributed by atoms with van der Waals surface area (Å²) in [7, 11) is 0. The third kappa shape index (κ3) is 3.28. The standard InChI is InChI=1S/C12H22N2O/c15-12(11-3-1-2-4-11)5-8-14-9-6-13-7-10-14/h11,13H,1-10H2. The Morgan fingerprint density at radius 2 is 1.87 bits per heavy atom. The molecule has 0 aromatic carbocycles. The number of rotatable bonds is 4. The fourth-order valence-corrected chi connectivity index (χ4v) is 2.65. The van der Waals surface area contributed by atoms with Gasteiger partial charge in [0.2, 0.25) is 0 Å². The second kappa shape index (κ2) is 5.61. The number of carbonyl (C=O) groups excluding carboxylic acids is 1. The van der Waals surface area contributed by atoms with Crippen LogP contribution in [0, 0.1) is 5.92 Å². The second-order valence-electron chi connectivity index (χ2n) is 4.79. The fourth-order valence-electron chi connectivity index (χ4n) is 2.65. The molecule has 1 N–H and O–H groups in total. The molecule has 1 aliphatic heterocycles. The quantitative estimate of drug-likeness (QED) is 0.752. The Morgan fingerprint density at radius 1 is 1.20 bits per heavy atom. The van der Waals surface area contributed by atoms with E-state index in [4.69, 9.17) is 0 Å². The molecule has 1 heterocycles. The van der Waals surface area contributed by atoms with Crippen LogP contribution in [0.15, 0.2) is 0 Å². The molecule has 3 heteroatoms. The van der Waals surface area contributed by atoms with Gasteiger partial charge in [-0.25, -0.2) is 0 Å². The van der Waals surface area contributed by atoms with Gasteiger partial charge in [-0.1, -0.05) is 12.8 Å². The first-order valence-electron chi connectivity index (χ1n) is 6.32. The molecule has 15 heavy (non-hydrogen) atoms. The Labute approximate surface area is 92.2 Å². The zero-order valence-corrected chi connectivity index (χ0v) is 9.50. The van der Waals surface area contributed by atoms with Gasteiger partial charge in [0.1, 0.15) is 5.78 Å². The molecule has 0 aromatic rings. The number of hydrogen-bond donors (Lipinski definition) is 1. The van der Waals surface area contributed by atoms with E-state index in [0.717, 1.165) is 52.0 Å². The van der Waals surface area contributed by atoms with E-state index >= 15 is 0 Å². The van der Waals surface area contributed by atoms with Gasteiger partial charge in [-0.05, 0) is 12.8 Å². The Hall–Kier alpha value is -0.410. The smallest absolute Gasteiger partial charge is 0.137 e. The van der Waals surface area contributed by atoms with E-state index in [-0.39, 0.29) is 0 Å². The van der Waals surface area contributed by atoms with Gasteiger partial charge in [0.25, 0.3) is 0 Å². The first kappa shape index (κ1) is 11.1. The number of Topliss-reactive ketones (excluding diaryl/α,β-unsaturated/α-hetero) is 1. The first-order chi connectivity index (χ1) is 7.36. The molecule has 3 nitrogen and oxygen atoms in total. The molecule has 2 rings (SSSR count). The van der Waals surface area contributed by atoms with Crippen molar-refractivity contribution in [1.82, 2.24) is 10.2 Å². The number of nitrogens with zero attached hydrogens (tertiary/aromatic N) is 1. The van der Waals surface area contributed by atoms with Gasteiger partial charge in [-0.3, -0.25) is 4.79 Å². The second-order valence-corrected chi connectivity index (χ2v) is 4.79. The zero-order chi connectivity index (χ0) is 10.5. The Kier molecular flexibility index (Phi) is 4.15. The van der Waals surface area contributed by atoms with Crippen LogP contribution >= 0.6 is 0 Å². The van der Waals surface area contributed by atoms with Crippen LogP contribution in [0.4, 0.5) is 0 Å². The van der Waals surface area contributed by atoms with Crippen molar-refractivity contribution in [1.29, 1.82) is 0 Å². The lowest BCUT2D eigenvalue weighted by Crippen LogP contribution is -2.44. The summed E-state index contributed by atoms with van der Waals surface area (Å²) in [5.74, 6) is 0.930. The normalized spacial score (nSPS) is 24.5. The number of carbonyl (C=O) groups is 1. The van der Waals surface area contributed by atoms with E-state index in [1.54, 1.807) is 0 Å². The number of hydrogen-bond acceptors (Lipinski definition) is 3. The maximum Gasteiger partial charge on any atom is 0.137 e. The lowest BCUT2D eigenvalue weighted by atomic mass is 10.00. The summed E-state index contributed by atoms with van der Waals surface area (Å²) in [6.07, 6.45) is 5.62. The van der Waals surface area contributed by atoms with E-state index in [9.17, 15) is 4.79 Å². The predicted octanol–water partition coefficient (Wildman–Crippen LogP) is 1.04. The Balaban J connectivity index is 1.65. The van der Waals surface area contributed by atoms with Crippen molar-refractivity contribution in [3.8, 4) is 0 Å². The van der Waals surface area contributed by atoms with E-state index in [2.05, 4.69) is 10.2 Å². The average molecular weight is 210 g/mol. The molecule has 2 fully saturated rings. The lowest BCUT2D eigenvalue weighted by molar-refractivity contribution is -0.123. The lowest BCUT2D eigenvalue weighted by Gasteiger charge is -2.27. The highest BCUT2D eigenvalue weighted by molar-refractivity contribution is 5.81. The summed E-state index contributed by atoms with van der Waals surface area (Å²) in [6, 6.07) is 0. The maximum absolute atomic E-state index is 11.8. The van der Waals surface area contributed by atoms with Crippen LogP contribution in [0.1, 0.15) is 32.1 Å². The minimum atomic E-state index is 0.410. The van der Waals surface area contributed by atoms with Gasteiger partial charge in [0.05, 0.1) is 0 Å². The summed E-state index contributed by atoms with van der Waals surface area (Å²) in [5.41, 5.74) is 0. The zero-order valence-electron chi connectivity index (χ0n) is 9.50. The summed E-state index contributed by atoms with van der Waals surface area (Å²) < 4.78 is 0. The van der Waals surface area contributed by atoms with E-state index in [0.29, 0.717) is 11.7 Å². The van der Waals surface area contributed by atoms with Crippen molar-refractivity contribution in [2.75, 3.05) is 32.7 Å². The van der Waals surface area contributed by atoms with Crippen LogP contribution in [0.2, 0.25) is 0 Å². The monoisotopic (exact) mass is 210 g/mol. The fraction of sp³-hybridized carbons (Fsp3) is 0.917.